The van der Waals surface area contributed by atoms with Gasteiger partial charge in [0.25, 0.3) is 0 Å². The van der Waals surface area contributed by atoms with Gasteiger partial charge in [-0.2, -0.15) is 6.08 Å². The molecule has 0 aromatic heterocycles. The summed E-state index contributed by atoms with van der Waals surface area (Å²) < 4.78 is 0. The van der Waals surface area contributed by atoms with Gasteiger partial charge in [-0.25, -0.2) is 6.08 Å². The van der Waals surface area contributed by atoms with Crippen LogP contribution in [-0.4, -0.2) is 0 Å². The van der Waals surface area contributed by atoms with E-state index in [-0.39, 0.29) is 32.7 Å². The minimum absolute atomic E-state index is 0. The van der Waals surface area contributed by atoms with Gasteiger partial charge >= 0.3 is 0 Å². The third-order valence-corrected chi connectivity index (χ3v) is 0.916. The molecular weight excluding hydrogens is 185 g/mol. The van der Waals surface area contributed by atoms with Crippen LogP contribution in [0, 0.1) is 13.8 Å². The third-order valence-electron chi connectivity index (χ3n) is 0.916. The first-order valence-electron chi connectivity index (χ1n) is 2.66. The molecule has 0 bridgehead atoms. The van der Waals surface area contributed by atoms with Gasteiger partial charge in [0.15, 0.2) is 0 Å². The second-order valence-corrected chi connectivity index (χ2v) is 1.81. The van der Waals surface area contributed by atoms with Crippen LogP contribution in [0.25, 0.3) is 0 Å². The Balaban J connectivity index is 0. The van der Waals surface area contributed by atoms with E-state index in [1.165, 1.54) is 0 Å². The van der Waals surface area contributed by atoms with Gasteiger partial charge in [0.2, 0.25) is 0 Å². The maximum absolute atomic E-state index is 3.76. The number of rotatable bonds is 1. The van der Waals surface area contributed by atoms with Crippen molar-refractivity contribution in [2.24, 2.45) is 0 Å². The second kappa shape index (κ2) is 6.44. The van der Waals surface area contributed by atoms with Gasteiger partial charge in [-0.3, -0.25) is 13.8 Å². The average molecular weight is 197 g/mol. The van der Waals surface area contributed by atoms with E-state index in [9.17, 15) is 0 Å². The van der Waals surface area contributed by atoms with Crippen LogP contribution in [0.1, 0.15) is 13.8 Å². The van der Waals surface area contributed by atoms with Crippen molar-refractivity contribution >= 4 is 0 Å². The van der Waals surface area contributed by atoms with Gasteiger partial charge in [0.1, 0.15) is 0 Å². The van der Waals surface area contributed by atoms with Crippen molar-refractivity contribution in [2.75, 3.05) is 0 Å². The van der Waals surface area contributed by atoms with Gasteiger partial charge in [0, 0.05) is 32.7 Å². The van der Waals surface area contributed by atoms with Crippen LogP contribution >= 0.6 is 0 Å². The van der Waals surface area contributed by atoms with Gasteiger partial charge in [-0.15, -0.1) is 6.92 Å². The molecule has 49 valence electrons. The second-order valence-electron chi connectivity index (χ2n) is 1.81. The molecule has 0 saturated heterocycles. The molecule has 0 nitrogen and oxygen atoms in total. The zero-order valence-electron chi connectivity index (χ0n) is 6.15. The number of hydrogen-bond donors (Lipinski definition) is 0. The van der Waals surface area contributed by atoms with Crippen molar-refractivity contribution in [3.05, 3.63) is 37.1 Å². The number of hydrogen-bond acceptors (Lipinski definition) is 0. The molecule has 0 aliphatic carbocycles. The molecule has 0 rings (SSSR count). The third kappa shape index (κ3) is 6.21. The Morgan fingerprint density at radius 2 is 1.78 bits per heavy atom. The van der Waals surface area contributed by atoms with Crippen LogP contribution in [0.15, 0.2) is 23.3 Å². The first kappa shape index (κ1) is 12.0. The zero-order valence-corrected chi connectivity index (χ0v) is 8.98. The summed E-state index contributed by atoms with van der Waals surface area (Å²) >= 11 is 0. The molecule has 0 N–H and O–H groups in total. The molecule has 0 unspecified atom stereocenters. The molecule has 0 aliphatic rings. The summed E-state index contributed by atoms with van der Waals surface area (Å²) in [6.07, 6.45) is 3.90. The Morgan fingerprint density at radius 1 is 1.33 bits per heavy atom. The molecular formula is C8H12Y-2. The van der Waals surface area contributed by atoms with Crippen molar-refractivity contribution in [1.82, 2.24) is 0 Å². The van der Waals surface area contributed by atoms with Crippen LogP contribution in [0.3, 0.4) is 0 Å². The predicted octanol–water partition coefficient (Wildman–Crippen LogP) is 2.54. The molecule has 0 aliphatic heterocycles. The Kier molecular flexibility index (Phi) is 8.62. The normalized spacial score (nSPS) is 12.7. The first-order valence-corrected chi connectivity index (χ1v) is 2.66. The molecule has 0 aromatic carbocycles. The van der Waals surface area contributed by atoms with Crippen molar-refractivity contribution in [2.45, 2.75) is 13.8 Å². The van der Waals surface area contributed by atoms with Crippen LogP contribution < -0.4 is 0 Å². The zero-order chi connectivity index (χ0) is 6.57. The maximum atomic E-state index is 3.76. The molecule has 1 radical (unpaired) electrons. The minimum atomic E-state index is 0. The van der Waals surface area contributed by atoms with Gasteiger partial charge in [-0.05, 0) is 0 Å². The molecule has 0 amide bonds. The van der Waals surface area contributed by atoms with Gasteiger partial charge in [0.05, 0.1) is 0 Å². The predicted molar refractivity (Wildman–Crippen MR) is 38.2 cm³/mol. The Hall–Kier alpha value is 0.324. The fourth-order valence-electron chi connectivity index (χ4n) is 0.343. The van der Waals surface area contributed by atoms with E-state index >= 15 is 0 Å². The van der Waals surface area contributed by atoms with Crippen LogP contribution in [0.4, 0.5) is 0 Å². The van der Waals surface area contributed by atoms with E-state index in [1.807, 2.05) is 26.0 Å². The SMILES string of the molecule is [CH2-]/C(C)=C([CH2-])/C=C\C.[Y]. The van der Waals surface area contributed by atoms with E-state index in [2.05, 4.69) is 13.8 Å². The molecule has 0 spiro atoms. The smallest absolute Gasteiger partial charge is 0 e. The number of allylic oxidation sites excluding steroid dienone is 4. The van der Waals surface area contributed by atoms with Gasteiger partial charge < -0.3 is 11.1 Å². The topological polar surface area (TPSA) is 0 Å². The quantitative estimate of drug-likeness (QED) is 0.447. The first-order chi connectivity index (χ1) is 3.68. The molecule has 0 fully saturated rings. The standard InChI is InChI=1S/C8H12.Y/c1-5-6-8(4)7(2)3;/h5-6H,2,4H2,1,3H3;/q-2;/b6-5-,8-7-;. The van der Waals surface area contributed by atoms with E-state index in [0.29, 0.717) is 0 Å². The molecule has 0 heterocycles. The van der Waals surface area contributed by atoms with Crippen molar-refractivity contribution < 1.29 is 32.7 Å². The summed E-state index contributed by atoms with van der Waals surface area (Å²) in [5, 5.41) is 0. The fraction of sp³-hybridized carbons (Fsp3) is 0.250. The van der Waals surface area contributed by atoms with E-state index in [0.717, 1.165) is 11.1 Å². The summed E-state index contributed by atoms with van der Waals surface area (Å²) in [5.41, 5.74) is 2.04. The molecule has 1 heteroatoms. The molecule has 9 heavy (non-hydrogen) atoms. The van der Waals surface area contributed by atoms with Crippen LogP contribution in [0.2, 0.25) is 0 Å². The molecule has 0 saturated carbocycles. The Bertz CT molecular complexity index is 117. The average Bonchev–Trinajstić information content (AvgIpc) is 1.67. The largest absolute Gasteiger partial charge is 0.345 e. The van der Waals surface area contributed by atoms with Crippen LogP contribution in [0.5, 0.6) is 0 Å². The fourth-order valence-corrected chi connectivity index (χ4v) is 0.343. The maximum Gasteiger partial charge on any atom is 0 e. The summed E-state index contributed by atoms with van der Waals surface area (Å²) in [4.78, 5) is 0. The van der Waals surface area contributed by atoms with Crippen LogP contribution in [-0.2, 0) is 32.7 Å². The van der Waals surface area contributed by atoms with Crippen molar-refractivity contribution in [3.8, 4) is 0 Å². The molecule has 0 aromatic rings. The van der Waals surface area contributed by atoms with Crippen molar-refractivity contribution in [3.63, 3.8) is 0 Å². The monoisotopic (exact) mass is 197 g/mol. The summed E-state index contributed by atoms with van der Waals surface area (Å²) in [7, 11) is 0. The van der Waals surface area contributed by atoms with Gasteiger partial charge in [-0.1, -0.05) is 6.92 Å². The Morgan fingerprint density at radius 3 is 1.89 bits per heavy atom. The summed E-state index contributed by atoms with van der Waals surface area (Å²) in [6, 6.07) is 0. The molecule has 0 atom stereocenters. The van der Waals surface area contributed by atoms with E-state index in [4.69, 9.17) is 0 Å². The van der Waals surface area contributed by atoms with E-state index in [1.54, 1.807) is 0 Å². The summed E-state index contributed by atoms with van der Waals surface area (Å²) in [6.45, 7) is 11.4. The van der Waals surface area contributed by atoms with E-state index < -0.39 is 0 Å². The Labute approximate surface area is 83.3 Å². The minimum Gasteiger partial charge on any atom is -0.345 e. The van der Waals surface area contributed by atoms with Crippen molar-refractivity contribution in [1.29, 1.82) is 0 Å². The summed E-state index contributed by atoms with van der Waals surface area (Å²) in [5.74, 6) is 0.